The summed E-state index contributed by atoms with van der Waals surface area (Å²) in [6, 6.07) is 0. The summed E-state index contributed by atoms with van der Waals surface area (Å²) in [6.07, 6.45) is -64.9. The van der Waals surface area contributed by atoms with Gasteiger partial charge >= 0.3 is 96.5 Å². The fraction of sp³-hybridized carbons (Fsp3) is 0.917. The van der Waals surface area contributed by atoms with Crippen LogP contribution in [0.2, 0.25) is 0 Å². The van der Waals surface area contributed by atoms with E-state index in [4.69, 9.17) is 23.2 Å². The molecule has 0 heterocycles. The second-order valence-electron chi connectivity index (χ2n) is 10.2. The summed E-state index contributed by atoms with van der Waals surface area (Å²) in [5.74, 6) is -27.2. The van der Waals surface area contributed by atoms with E-state index in [1.165, 1.54) is 11.1 Å². The van der Waals surface area contributed by atoms with E-state index in [1.807, 2.05) is 0 Å². The molecule has 0 bridgehead atoms. The highest BCUT2D eigenvalue weighted by molar-refractivity contribution is 6.33. The van der Waals surface area contributed by atoms with Gasteiger partial charge in [-0.2, -0.15) is 149 Å². The van der Waals surface area contributed by atoms with Crippen LogP contribution < -0.4 is 0 Å². The third-order valence-electron chi connectivity index (χ3n) is 5.81. The molecule has 0 aromatic heterocycles. The van der Waals surface area contributed by atoms with Gasteiger partial charge in [0.2, 0.25) is 0 Å². The SMILES string of the molecule is CCOC(F)(F)C(F)(C(F)(F)F)C(F)(F)F.CCOC(F)(F)C(F)(F)C(F)(F)C(F)(F)F.COC(F)(F)C(F)(C(F)(F)F)C(F)(F)F.COC(F)(F)C(F)(F)C(F)(F)C(F)(F)F.Cl/C=C/Cl. The van der Waals surface area contributed by atoms with Gasteiger partial charge in [-0.05, 0) is 13.8 Å². The Hall–Kier alpha value is -2.36. The Kier molecular flexibility index (Phi) is 25.3. The smallest absolute Gasteiger partial charge is 0.321 e. The van der Waals surface area contributed by atoms with Crippen LogP contribution >= 0.6 is 23.2 Å². The van der Waals surface area contributed by atoms with Gasteiger partial charge in [0.05, 0.1) is 13.2 Å². The lowest BCUT2D eigenvalue weighted by atomic mass is 10.0. The third-order valence-corrected chi connectivity index (χ3v) is 6.19. The van der Waals surface area contributed by atoms with E-state index in [0.717, 1.165) is 6.92 Å². The first-order valence-corrected chi connectivity index (χ1v) is 15.1. The number of ether oxygens (including phenoxy) is 4. The Balaban J connectivity index is -0.000000243. The molecule has 0 saturated carbocycles. The van der Waals surface area contributed by atoms with E-state index in [2.05, 4.69) is 18.9 Å². The van der Waals surface area contributed by atoms with Crippen LogP contribution in [0.4, 0.5) is 158 Å². The van der Waals surface area contributed by atoms with Gasteiger partial charge in [-0.1, -0.05) is 23.2 Å². The number of hydrogen-bond donors (Lipinski definition) is 0. The molecule has 0 aromatic rings. The number of halogens is 38. The summed E-state index contributed by atoms with van der Waals surface area (Å²) >= 11 is 9.75. The average molecular weight is 1130 g/mol. The first-order valence-electron chi connectivity index (χ1n) is 14.2. The highest BCUT2D eigenvalue weighted by Gasteiger charge is 2.87. The molecular formula is C24H18Cl2F36O4. The minimum absolute atomic E-state index is 0.125. The fourth-order valence-corrected chi connectivity index (χ4v) is 2.52. The molecule has 0 aliphatic heterocycles. The zero-order valence-electron chi connectivity index (χ0n) is 30.6. The van der Waals surface area contributed by atoms with Gasteiger partial charge in [0.1, 0.15) is 0 Å². The molecule has 0 fully saturated rings. The minimum Gasteiger partial charge on any atom is -0.321 e. The molecule has 42 heteroatoms. The molecule has 0 spiro atoms. The molecule has 0 radical (unpaired) electrons. The van der Waals surface area contributed by atoms with Crippen molar-refractivity contribution < 1.29 is 177 Å². The van der Waals surface area contributed by atoms with Gasteiger partial charge in [0, 0.05) is 25.3 Å². The monoisotopic (exact) mass is 1120 g/mol. The van der Waals surface area contributed by atoms with Crippen molar-refractivity contribution in [3.63, 3.8) is 0 Å². The molecule has 0 atom stereocenters. The summed E-state index contributed by atoms with van der Waals surface area (Å²) in [5.41, 5.74) is -11.0. The standard InChI is InChI=1S/2C6H5F9O.2C5H3F9O.C2H2Cl2/c1-2-16-6(14,15)4(9,10)3(7,8)5(11,12)13;1-2-16-6(14,15)3(7,4(8,9)10)5(11,12)13;1-15-5(13,14)3(8,9)2(6,7)4(10,11)12;1-15-5(13,14)2(6,3(7,8)9)4(10,11)12;3-1-2-4/h2*2H2,1H3;2*1H3;1-2H/b;;;;2-1+. The zero-order chi connectivity index (χ0) is 55.7. The molecule has 0 unspecified atom stereocenters. The molecule has 0 N–H and O–H groups in total. The lowest BCUT2D eigenvalue weighted by Gasteiger charge is -2.35. The summed E-state index contributed by atoms with van der Waals surface area (Å²) < 4.78 is 440. The van der Waals surface area contributed by atoms with Crippen molar-refractivity contribution >= 4 is 23.2 Å². The van der Waals surface area contributed by atoms with Gasteiger partial charge in [-0.15, -0.1) is 0 Å². The number of rotatable bonds is 12. The van der Waals surface area contributed by atoms with Gasteiger partial charge < -0.3 is 18.9 Å². The normalized spacial score (nSPS) is 15.1. The molecule has 404 valence electrons. The van der Waals surface area contributed by atoms with Gasteiger partial charge in [0.15, 0.2) is 0 Å². The van der Waals surface area contributed by atoms with E-state index < -0.39 is 110 Å². The Bertz CT molecular complexity index is 1410. The maximum Gasteiger partial charge on any atom is 0.460 e. The maximum absolute atomic E-state index is 12.6. The Labute approximate surface area is 349 Å². The number of methoxy groups -OCH3 is 2. The largest absolute Gasteiger partial charge is 0.460 e. The zero-order valence-corrected chi connectivity index (χ0v) is 32.1. The summed E-state index contributed by atoms with van der Waals surface area (Å²) in [5, 5.41) is 0. The lowest BCUT2D eigenvalue weighted by molar-refractivity contribution is -0.448. The Morgan fingerprint density at radius 3 is 0.636 bits per heavy atom. The van der Waals surface area contributed by atoms with Crippen molar-refractivity contribution in [1.29, 1.82) is 0 Å². The summed E-state index contributed by atoms with van der Waals surface area (Å²) in [4.78, 5) is 0. The average Bonchev–Trinajstić information content (AvgIpc) is 3.08. The van der Waals surface area contributed by atoms with Gasteiger partial charge in [-0.25, -0.2) is 8.78 Å². The molecule has 4 nitrogen and oxygen atoms in total. The number of alkyl halides is 36. The molecular weight excluding hydrogens is 1110 g/mol. The van der Waals surface area contributed by atoms with Crippen molar-refractivity contribution in [2.75, 3.05) is 27.4 Å². The predicted octanol–water partition coefficient (Wildman–Crippen LogP) is 14.9. The van der Waals surface area contributed by atoms with E-state index in [9.17, 15) is 158 Å². The fourth-order valence-electron chi connectivity index (χ4n) is 2.52. The van der Waals surface area contributed by atoms with Crippen molar-refractivity contribution in [2.24, 2.45) is 0 Å². The van der Waals surface area contributed by atoms with E-state index >= 15 is 0 Å². The first kappa shape index (κ1) is 72.6. The van der Waals surface area contributed by atoms with Crippen LogP contribution in [-0.2, 0) is 18.9 Å². The van der Waals surface area contributed by atoms with Crippen LogP contribution in [0.25, 0.3) is 0 Å². The summed E-state index contributed by atoms with van der Waals surface area (Å²) in [6.45, 7) is -0.946. The van der Waals surface area contributed by atoms with E-state index in [0.29, 0.717) is 6.92 Å². The lowest BCUT2D eigenvalue weighted by Crippen LogP contribution is -2.65. The highest BCUT2D eigenvalue weighted by atomic mass is 35.5. The van der Waals surface area contributed by atoms with E-state index in [1.54, 1.807) is 0 Å². The predicted molar refractivity (Wildman–Crippen MR) is 142 cm³/mol. The Morgan fingerprint density at radius 1 is 0.288 bits per heavy atom. The second-order valence-corrected chi connectivity index (χ2v) is 10.7. The topological polar surface area (TPSA) is 36.9 Å². The van der Waals surface area contributed by atoms with Crippen molar-refractivity contribution in [2.45, 2.75) is 110 Å². The van der Waals surface area contributed by atoms with Crippen LogP contribution in [0.3, 0.4) is 0 Å². The van der Waals surface area contributed by atoms with Crippen molar-refractivity contribution in [1.82, 2.24) is 0 Å². The molecule has 0 aromatic carbocycles. The van der Waals surface area contributed by atoms with Gasteiger partial charge in [0.25, 0.3) is 0 Å². The second kappa shape index (κ2) is 23.0. The molecule has 0 aliphatic carbocycles. The maximum atomic E-state index is 12.6. The van der Waals surface area contributed by atoms with Crippen LogP contribution in [-0.4, -0.2) is 124 Å². The van der Waals surface area contributed by atoms with Crippen LogP contribution in [0.5, 0.6) is 0 Å². The van der Waals surface area contributed by atoms with Gasteiger partial charge in [-0.3, -0.25) is 0 Å². The summed E-state index contributed by atoms with van der Waals surface area (Å²) in [7, 11) is -0.299. The molecule has 0 aliphatic rings. The van der Waals surface area contributed by atoms with Crippen LogP contribution in [0, 0.1) is 0 Å². The minimum atomic E-state index is -6.89. The van der Waals surface area contributed by atoms with E-state index in [-0.39, 0.29) is 14.2 Å². The Morgan fingerprint density at radius 2 is 0.485 bits per heavy atom. The van der Waals surface area contributed by atoms with Crippen molar-refractivity contribution in [3.8, 4) is 0 Å². The van der Waals surface area contributed by atoms with Crippen LogP contribution in [0.15, 0.2) is 11.1 Å². The molecule has 0 saturated heterocycles. The molecule has 66 heavy (non-hydrogen) atoms. The quantitative estimate of drug-likeness (QED) is 0.183. The van der Waals surface area contributed by atoms with Crippen LogP contribution in [0.1, 0.15) is 13.8 Å². The molecule has 0 amide bonds. The first-order chi connectivity index (χ1) is 28.2. The highest BCUT2D eigenvalue weighted by Crippen LogP contribution is 2.57. The number of hydrogen-bond acceptors (Lipinski definition) is 4. The third kappa shape index (κ3) is 15.6. The van der Waals surface area contributed by atoms with Crippen molar-refractivity contribution in [3.05, 3.63) is 11.1 Å². The molecule has 0 rings (SSSR count).